The zero-order valence-corrected chi connectivity index (χ0v) is 21.4. The van der Waals surface area contributed by atoms with Gasteiger partial charge < -0.3 is 14.7 Å². The molecule has 1 N–H and O–H groups in total. The molecule has 1 fully saturated rings. The van der Waals surface area contributed by atoms with Crippen molar-refractivity contribution in [2.24, 2.45) is 0 Å². The van der Waals surface area contributed by atoms with E-state index in [1.165, 1.54) is 17.0 Å². The number of nitrogens with zero attached hydrogens (tertiary/aromatic N) is 3. The topological polar surface area (TPSA) is 102 Å². The second-order valence-corrected chi connectivity index (χ2v) is 11.1. The first-order valence-electron chi connectivity index (χ1n) is 10.3. The van der Waals surface area contributed by atoms with E-state index in [0.29, 0.717) is 39.8 Å². The van der Waals surface area contributed by atoms with E-state index in [9.17, 15) is 19.3 Å². The number of fused-ring (bicyclic) bond motifs is 1. The number of aliphatic hydroxyl groups excluding tert-OH is 1. The fourth-order valence-corrected chi connectivity index (χ4v) is 5.06. The van der Waals surface area contributed by atoms with Crippen LogP contribution in [0.25, 0.3) is 10.9 Å². The van der Waals surface area contributed by atoms with Crippen LogP contribution in [0.4, 0.5) is 4.79 Å². The first kappa shape index (κ1) is 25.1. The number of amides is 1. The second-order valence-electron chi connectivity index (χ2n) is 8.93. The molecule has 0 bridgehead atoms. The number of halogens is 2. The van der Waals surface area contributed by atoms with Crippen molar-refractivity contribution in [1.29, 1.82) is 0 Å². The zero-order chi connectivity index (χ0) is 23.6. The summed E-state index contributed by atoms with van der Waals surface area (Å²) in [6.45, 7) is 5.80. The Hall–Kier alpha value is -1.54. The molecular formula is C21H26BrClN3O5P. The third-order valence-corrected chi connectivity index (χ3v) is 7.36. The highest BCUT2D eigenvalue weighted by molar-refractivity contribution is 9.10. The van der Waals surface area contributed by atoms with E-state index in [2.05, 4.69) is 20.9 Å². The molecule has 0 radical (unpaired) electrons. The summed E-state index contributed by atoms with van der Waals surface area (Å²) in [4.78, 5) is 31.4. The van der Waals surface area contributed by atoms with E-state index in [1.54, 1.807) is 31.7 Å². The largest absolute Gasteiger partial charge is 0.444 e. The average Bonchev–Trinajstić information content (AvgIpc) is 2.70. The van der Waals surface area contributed by atoms with Crippen LogP contribution in [-0.2, 0) is 15.8 Å². The molecule has 0 aliphatic carbocycles. The van der Waals surface area contributed by atoms with Gasteiger partial charge in [-0.3, -0.25) is 13.9 Å². The van der Waals surface area contributed by atoms with Crippen LogP contribution in [0.5, 0.6) is 0 Å². The predicted molar refractivity (Wildman–Crippen MR) is 127 cm³/mol. The van der Waals surface area contributed by atoms with Gasteiger partial charge in [-0.25, -0.2) is 9.78 Å². The van der Waals surface area contributed by atoms with E-state index in [1.807, 2.05) is 0 Å². The number of rotatable bonds is 5. The number of likely N-dealkylation sites (tertiary alicyclic amines) is 1. The molecule has 0 unspecified atom stereocenters. The number of benzene rings is 1. The lowest BCUT2D eigenvalue weighted by molar-refractivity contribution is 0.00240. The molecule has 1 aliphatic heterocycles. The van der Waals surface area contributed by atoms with Gasteiger partial charge in [-0.1, -0.05) is 11.6 Å². The minimum atomic E-state index is -0.963. The molecule has 3 atom stereocenters. The molecule has 3 rings (SSSR count). The molecule has 11 heteroatoms. The first-order valence-corrected chi connectivity index (χ1v) is 12.4. The van der Waals surface area contributed by atoms with Crippen molar-refractivity contribution in [3.63, 3.8) is 0 Å². The van der Waals surface area contributed by atoms with Crippen molar-refractivity contribution in [2.45, 2.75) is 70.0 Å². The number of hydrogen-bond donors (Lipinski definition) is 1. The summed E-state index contributed by atoms with van der Waals surface area (Å²) in [6, 6.07) is 2.73. The molecular weight excluding hydrogens is 521 g/mol. The van der Waals surface area contributed by atoms with Crippen molar-refractivity contribution >= 4 is 53.0 Å². The molecule has 174 valence electrons. The highest BCUT2D eigenvalue weighted by Crippen LogP contribution is 2.31. The van der Waals surface area contributed by atoms with Gasteiger partial charge in [0.1, 0.15) is 5.60 Å². The zero-order valence-electron chi connectivity index (χ0n) is 18.1. The number of ether oxygens (including phenoxy) is 1. The normalized spacial score (nSPS) is 20.5. The Morgan fingerprint density at radius 3 is 2.81 bits per heavy atom. The lowest BCUT2D eigenvalue weighted by Gasteiger charge is -2.40. The van der Waals surface area contributed by atoms with Gasteiger partial charge in [-0.05, 0) is 68.1 Å². The van der Waals surface area contributed by atoms with Gasteiger partial charge >= 0.3 is 6.09 Å². The first-order chi connectivity index (χ1) is 15.0. The van der Waals surface area contributed by atoms with Crippen molar-refractivity contribution in [3.05, 3.63) is 38.3 Å². The number of carbonyl (C=O) groups excluding carboxylic acids is 1. The van der Waals surface area contributed by atoms with Crippen molar-refractivity contribution in [2.75, 3.05) is 6.54 Å². The van der Waals surface area contributed by atoms with Gasteiger partial charge in [0.15, 0.2) is 8.46 Å². The second kappa shape index (κ2) is 10.2. The summed E-state index contributed by atoms with van der Waals surface area (Å²) < 4.78 is 19.2. The summed E-state index contributed by atoms with van der Waals surface area (Å²) in [5.41, 5.74) is -0.809. The lowest BCUT2D eigenvalue weighted by atomic mass is 9.96. The Bertz CT molecular complexity index is 1070. The van der Waals surface area contributed by atoms with Gasteiger partial charge in [0.25, 0.3) is 5.56 Å². The van der Waals surface area contributed by atoms with Gasteiger partial charge in [-0.2, -0.15) is 0 Å². The molecule has 2 heterocycles. The fourth-order valence-electron chi connectivity index (χ4n) is 3.86. The maximum absolute atomic E-state index is 12.9. The highest BCUT2D eigenvalue weighted by Gasteiger charge is 2.38. The van der Waals surface area contributed by atoms with Gasteiger partial charge in [0, 0.05) is 11.0 Å². The van der Waals surface area contributed by atoms with Crippen LogP contribution in [0.2, 0.25) is 5.02 Å². The molecule has 1 aromatic carbocycles. The minimum Gasteiger partial charge on any atom is -0.444 e. The molecule has 0 spiro atoms. The summed E-state index contributed by atoms with van der Waals surface area (Å²) in [7, 11) is -0.0842. The Morgan fingerprint density at radius 1 is 1.44 bits per heavy atom. The number of aliphatic hydroxyl groups is 1. The third-order valence-electron chi connectivity index (χ3n) is 5.29. The molecule has 8 nitrogen and oxygen atoms in total. The Balaban J connectivity index is 1.80. The third kappa shape index (κ3) is 5.87. The van der Waals surface area contributed by atoms with E-state index >= 15 is 0 Å². The van der Waals surface area contributed by atoms with Crippen LogP contribution in [0.3, 0.4) is 0 Å². The van der Waals surface area contributed by atoms with Crippen LogP contribution in [0.15, 0.2) is 27.7 Å². The summed E-state index contributed by atoms with van der Waals surface area (Å²) in [5.74, 6) is 0. The van der Waals surface area contributed by atoms with E-state index in [4.69, 9.17) is 16.3 Å². The molecule has 1 amide bonds. The molecule has 1 aliphatic rings. The smallest absolute Gasteiger partial charge is 0.410 e. The predicted octanol–water partition coefficient (Wildman–Crippen LogP) is 4.62. The van der Waals surface area contributed by atoms with Gasteiger partial charge in [0.2, 0.25) is 0 Å². The van der Waals surface area contributed by atoms with Gasteiger partial charge in [0.05, 0.1) is 46.6 Å². The average molecular weight is 547 g/mol. The highest BCUT2D eigenvalue weighted by atomic mass is 79.9. The number of piperidine rings is 1. The van der Waals surface area contributed by atoms with Crippen LogP contribution in [-0.4, -0.2) is 55.6 Å². The quantitative estimate of drug-likeness (QED) is 0.549. The number of hydrogen-bond acceptors (Lipinski definition) is 6. The number of carbonyl (C=O) groups is 1. The van der Waals surface area contributed by atoms with Crippen LogP contribution < -0.4 is 5.56 Å². The Morgan fingerprint density at radius 2 is 2.16 bits per heavy atom. The molecule has 1 saturated heterocycles. The molecule has 32 heavy (non-hydrogen) atoms. The van der Waals surface area contributed by atoms with E-state index < -0.39 is 23.8 Å². The lowest BCUT2D eigenvalue weighted by Crippen LogP contribution is -2.52. The summed E-state index contributed by atoms with van der Waals surface area (Å²) >= 11 is 9.43. The van der Waals surface area contributed by atoms with Crippen LogP contribution in [0, 0.1) is 0 Å². The van der Waals surface area contributed by atoms with Crippen molar-refractivity contribution in [3.8, 4) is 0 Å². The monoisotopic (exact) mass is 545 g/mol. The maximum Gasteiger partial charge on any atom is 0.410 e. The Kier molecular flexibility index (Phi) is 7.97. The molecule has 1 aromatic heterocycles. The van der Waals surface area contributed by atoms with Crippen molar-refractivity contribution in [1.82, 2.24) is 14.5 Å². The van der Waals surface area contributed by atoms with Gasteiger partial charge in [-0.15, -0.1) is 0 Å². The standard InChI is InChI=1S/C21H26BrClN3O5P/c1-21(2,3)31-20(29)26-6-4-5-18(32-30)17(26)7-12(27)10-25-11-24-16-9-14(22)15(23)8-13(16)19(25)28/h8-9,11-12,17-18,27H,4-7,10H2,1-3H3/t12-,17-,18+/m1/s1. The molecule has 2 aromatic rings. The fraction of sp³-hybridized carbons (Fsp3) is 0.571. The maximum atomic E-state index is 12.9. The minimum absolute atomic E-state index is 0.0173. The number of aromatic nitrogens is 2. The summed E-state index contributed by atoms with van der Waals surface area (Å²) in [5, 5.41) is 11.5. The van der Waals surface area contributed by atoms with Crippen LogP contribution in [0.1, 0.15) is 40.0 Å². The SMILES string of the molecule is CC(C)(C)OC(=O)N1CCC[C@H](P=O)[C@H]1C[C@@H](O)Cn1cnc2cc(Br)c(Cl)cc2c1=O. The van der Waals surface area contributed by atoms with E-state index in [-0.39, 0.29) is 32.6 Å². The van der Waals surface area contributed by atoms with Crippen LogP contribution >= 0.6 is 36.0 Å². The molecule has 0 saturated carbocycles. The van der Waals surface area contributed by atoms with E-state index in [0.717, 1.165) is 0 Å². The Labute approximate surface area is 201 Å². The van der Waals surface area contributed by atoms with Crippen molar-refractivity contribution < 1.29 is 19.2 Å². The summed E-state index contributed by atoms with van der Waals surface area (Å²) in [6.07, 6.45) is 1.46.